The maximum Gasteiger partial charge on any atom is 0.115 e. The van der Waals surface area contributed by atoms with Gasteiger partial charge in [-0.05, 0) is 29.9 Å². The molecule has 0 saturated heterocycles. The van der Waals surface area contributed by atoms with E-state index in [1.807, 2.05) is 0 Å². The molecular weight excluding hydrogens is 186 g/mol. The van der Waals surface area contributed by atoms with Crippen LogP contribution in [0.2, 0.25) is 0 Å². The molecule has 1 unspecified atom stereocenters. The Balaban J connectivity index is 2.71. The first-order valence-electron chi connectivity index (χ1n) is 3.74. The molecular formula is C9H9NO2S. The average Bonchev–Trinajstić information content (AvgIpc) is 2.15. The van der Waals surface area contributed by atoms with Crippen LogP contribution in [0.25, 0.3) is 0 Å². The van der Waals surface area contributed by atoms with Crippen molar-refractivity contribution in [1.82, 2.24) is 0 Å². The zero-order valence-electron chi connectivity index (χ0n) is 6.84. The second kappa shape index (κ2) is 4.72. The number of thiocarbonyl (C=S) groups is 1. The summed E-state index contributed by atoms with van der Waals surface area (Å²) in [6.07, 6.45) is -0.684. The highest BCUT2D eigenvalue weighted by molar-refractivity contribution is 7.78. The van der Waals surface area contributed by atoms with E-state index in [0.717, 1.165) is 0 Å². The van der Waals surface area contributed by atoms with E-state index < -0.39 is 6.10 Å². The lowest BCUT2D eigenvalue weighted by Crippen LogP contribution is -2.00. The molecule has 0 amide bonds. The highest BCUT2D eigenvalue weighted by Crippen LogP contribution is 2.16. The SMILES string of the molecule is Oc1ccc(C(O)CN=C=S)cc1. The normalized spacial score (nSPS) is 11.8. The molecule has 4 heteroatoms. The standard InChI is InChI=1S/C9H9NO2S/c11-8-3-1-7(2-4-8)9(12)5-10-6-13/h1-4,9,11-12H,5H2. The van der Waals surface area contributed by atoms with Crippen LogP contribution in [0.15, 0.2) is 29.3 Å². The van der Waals surface area contributed by atoms with Crippen LogP contribution in [0.4, 0.5) is 0 Å². The van der Waals surface area contributed by atoms with Gasteiger partial charge in [0.15, 0.2) is 0 Å². The van der Waals surface area contributed by atoms with Crippen molar-refractivity contribution in [3.05, 3.63) is 29.8 Å². The number of phenols is 1. The van der Waals surface area contributed by atoms with Crippen molar-refractivity contribution in [2.24, 2.45) is 4.99 Å². The van der Waals surface area contributed by atoms with Crippen LogP contribution >= 0.6 is 12.2 Å². The number of aliphatic imine (C=N–C) groups is 1. The third-order valence-corrected chi connectivity index (χ3v) is 1.74. The van der Waals surface area contributed by atoms with Gasteiger partial charge in [-0.2, -0.15) is 0 Å². The summed E-state index contributed by atoms with van der Waals surface area (Å²) in [5.74, 6) is 0.175. The summed E-state index contributed by atoms with van der Waals surface area (Å²) in [5.41, 5.74) is 0.701. The number of aliphatic hydroxyl groups excluding tert-OH is 1. The molecule has 0 bridgehead atoms. The number of benzene rings is 1. The smallest absolute Gasteiger partial charge is 0.115 e. The second-order valence-electron chi connectivity index (χ2n) is 2.54. The highest BCUT2D eigenvalue weighted by atomic mass is 32.1. The maximum absolute atomic E-state index is 9.48. The van der Waals surface area contributed by atoms with Gasteiger partial charge in [0.2, 0.25) is 0 Å². The van der Waals surface area contributed by atoms with Gasteiger partial charge in [-0.3, -0.25) is 0 Å². The van der Waals surface area contributed by atoms with Gasteiger partial charge in [0.1, 0.15) is 5.75 Å². The van der Waals surface area contributed by atoms with E-state index in [-0.39, 0.29) is 12.3 Å². The predicted molar refractivity (Wildman–Crippen MR) is 53.0 cm³/mol. The number of rotatable bonds is 3. The predicted octanol–water partition coefficient (Wildman–Crippen LogP) is 1.53. The van der Waals surface area contributed by atoms with Crippen molar-refractivity contribution < 1.29 is 10.2 Å². The van der Waals surface area contributed by atoms with E-state index in [9.17, 15) is 5.11 Å². The number of aliphatic hydroxyl groups is 1. The summed E-state index contributed by atoms with van der Waals surface area (Å²) >= 11 is 4.37. The maximum atomic E-state index is 9.48. The van der Waals surface area contributed by atoms with Crippen molar-refractivity contribution in [3.8, 4) is 5.75 Å². The molecule has 0 spiro atoms. The quantitative estimate of drug-likeness (QED) is 0.568. The molecule has 1 rings (SSSR count). The number of aromatic hydroxyl groups is 1. The topological polar surface area (TPSA) is 52.8 Å². The lowest BCUT2D eigenvalue weighted by atomic mass is 10.1. The van der Waals surface area contributed by atoms with Crippen molar-refractivity contribution in [1.29, 1.82) is 0 Å². The minimum Gasteiger partial charge on any atom is -0.508 e. The van der Waals surface area contributed by atoms with Crippen molar-refractivity contribution in [3.63, 3.8) is 0 Å². The van der Waals surface area contributed by atoms with E-state index in [1.54, 1.807) is 12.1 Å². The molecule has 1 aromatic carbocycles. The van der Waals surface area contributed by atoms with E-state index in [1.165, 1.54) is 12.1 Å². The summed E-state index contributed by atoms with van der Waals surface area (Å²) in [4.78, 5) is 3.62. The molecule has 0 aliphatic carbocycles. The Labute approximate surface area is 81.4 Å². The van der Waals surface area contributed by atoms with Crippen LogP contribution in [0.3, 0.4) is 0 Å². The molecule has 0 saturated carbocycles. The minimum absolute atomic E-state index is 0.175. The number of nitrogens with zero attached hydrogens (tertiary/aromatic N) is 1. The Morgan fingerprint density at radius 3 is 2.54 bits per heavy atom. The van der Waals surface area contributed by atoms with Crippen LogP contribution in [-0.2, 0) is 0 Å². The average molecular weight is 195 g/mol. The Morgan fingerprint density at radius 1 is 1.38 bits per heavy atom. The molecule has 0 aromatic heterocycles. The van der Waals surface area contributed by atoms with Gasteiger partial charge in [-0.15, -0.1) is 0 Å². The van der Waals surface area contributed by atoms with Gasteiger partial charge < -0.3 is 10.2 Å². The Morgan fingerprint density at radius 2 is 2.00 bits per heavy atom. The van der Waals surface area contributed by atoms with Crippen molar-refractivity contribution >= 4 is 17.4 Å². The Kier molecular flexibility index (Phi) is 3.58. The largest absolute Gasteiger partial charge is 0.508 e. The number of hydrogen-bond acceptors (Lipinski definition) is 4. The van der Waals surface area contributed by atoms with Crippen LogP contribution < -0.4 is 0 Å². The molecule has 0 fully saturated rings. The van der Waals surface area contributed by atoms with Gasteiger partial charge in [-0.25, -0.2) is 4.99 Å². The van der Waals surface area contributed by atoms with E-state index in [0.29, 0.717) is 5.56 Å². The fourth-order valence-electron chi connectivity index (χ4n) is 0.926. The van der Waals surface area contributed by atoms with Crippen molar-refractivity contribution in [2.45, 2.75) is 6.10 Å². The zero-order chi connectivity index (χ0) is 9.68. The van der Waals surface area contributed by atoms with Crippen LogP contribution in [0.5, 0.6) is 5.75 Å². The van der Waals surface area contributed by atoms with Crippen LogP contribution in [0.1, 0.15) is 11.7 Å². The van der Waals surface area contributed by atoms with Gasteiger partial charge in [0, 0.05) is 0 Å². The van der Waals surface area contributed by atoms with Crippen LogP contribution in [-0.4, -0.2) is 21.9 Å². The van der Waals surface area contributed by atoms with Gasteiger partial charge in [0.25, 0.3) is 0 Å². The van der Waals surface area contributed by atoms with Crippen LogP contribution in [0, 0.1) is 0 Å². The first-order valence-corrected chi connectivity index (χ1v) is 4.15. The fourth-order valence-corrected chi connectivity index (χ4v) is 1.00. The molecule has 1 aromatic rings. The van der Waals surface area contributed by atoms with E-state index >= 15 is 0 Å². The highest BCUT2D eigenvalue weighted by Gasteiger charge is 2.05. The van der Waals surface area contributed by atoms with Crippen molar-refractivity contribution in [2.75, 3.05) is 6.54 Å². The van der Waals surface area contributed by atoms with Gasteiger partial charge in [0.05, 0.1) is 17.8 Å². The van der Waals surface area contributed by atoms with E-state index in [2.05, 4.69) is 22.4 Å². The molecule has 1 atom stereocenters. The fraction of sp³-hybridized carbons (Fsp3) is 0.222. The summed E-state index contributed by atoms with van der Waals surface area (Å²) in [6.45, 7) is 0.203. The zero-order valence-corrected chi connectivity index (χ0v) is 7.66. The first kappa shape index (κ1) is 9.86. The lowest BCUT2D eigenvalue weighted by molar-refractivity contribution is 0.187. The molecule has 0 aliphatic heterocycles. The Hall–Kier alpha value is -1.22. The minimum atomic E-state index is -0.684. The monoisotopic (exact) mass is 195 g/mol. The molecule has 13 heavy (non-hydrogen) atoms. The summed E-state index contributed by atoms with van der Waals surface area (Å²) in [5, 5.41) is 20.6. The molecule has 68 valence electrons. The molecule has 3 nitrogen and oxygen atoms in total. The number of phenolic OH excluding ortho intramolecular Hbond substituents is 1. The van der Waals surface area contributed by atoms with Gasteiger partial charge in [-0.1, -0.05) is 12.1 Å². The third kappa shape index (κ3) is 2.95. The second-order valence-corrected chi connectivity index (χ2v) is 2.72. The molecule has 2 N–H and O–H groups in total. The Bertz CT molecular complexity index is 317. The first-order chi connectivity index (χ1) is 6.24. The summed E-state index contributed by atoms with van der Waals surface area (Å²) in [6, 6.07) is 6.30. The van der Waals surface area contributed by atoms with E-state index in [4.69, 9.17) is 5.11 Å². The third-order valence-electron chi connectivity index (χ3n) is 1.61. The number of isothiocyanates is 1. The molecule has 0 radical (unpaired) electrons. The lowest BCUT2D eigenvalue weighted by Gasteiger charge is -2.06. The van der Waals surface area contributed by atoms with Gasteiger partial charge >= 0.3 is 0 Å². The molecule has 0 aliphatic rings. The molecule has 0 heterocycles. The summed E-state index contributed by atoms with van der Waals surface area (Å²) in [7, 11) is 0. The number of hydrogen-bond donors (Lipinski definition) is 2. The summed E-state index contributed by atoms with van der Waals surface area (Å²) < 4.78 is 0.